The molecular weight excluding hydrogens is 329 g/mol. The highest BCUT2D eigenvalue weighted by atomic mass is 79.9. The highest BCUT2D eigenvalue weighted by molar-refractivity contribution is 9.10. The Labute approximate surface area is 119 Å². The van der Waals surface area contributed by atoms with Crippen LogP contribution in [0, 0.1) is 0 Å². The van der Waals surface area contributed by atoms with Gasteiger partial charge in [-0.2, -0.15) is 0 Å². The zero-order valence-corrected chi connectivity index (χ0v) is 12.3. The predicted octanol–water partition coefficient (Wildman–Crippen LogP) is 3.02. The lowest BCUT2D eigenvalue weighted by Crippen LogP contribution is -2.29. The molecule has 1 N–H and O–H groups in total. The summed E-state index contributed by atoms with van der Waals surface area (Å²) < 4.78 is 4.58. The third-order valence-electron chi connectivity index (χ3n) is 2.10. The molecular formula is C11H12BrCl2NO2. The number of carbonyl (C=O) groups is 1. The van der Waals surface area contributed by atoms with E-state index in [1.807, 2.05) is 0 Å². The summed E-state index contributed by atoms with van der Waals surface area (Å²) in [5.41, 5.74) is 0.892. The lowest BCUT2D eigenvalue weighted by molar-refractivity contribution is -0.139. The van der Waals surface area contributed by atoms with Crippen molar-refractivity contribution >= 4 is 45.1 Å². The Morgan fingerprint density at radius 2 is 2.24 bits per heavy atom. The van der Waals surface area contributed by atoms with Crippen LogP contribution in [0.15, 0.2) is 18.2 Å². The molecule has 94 valence electrons. The molecule has 6 heteroatoms. The number of halogens is 3. The Kier molecular flexibility index (Phi) is 6.27. The summed E-state index contributed by atoms with van der Waals surface area (Å²) in [5.74, 6) is -0.310. The molecule has 0 spiro atoms. The van der Waals surface area contributed by atoms with Crippen LogP contribution in [0.2, 0.25) is 10.0 Å². The van der Waals surface area contributed by atoms with E-state index in [2.05, 4.69) is 26.0 Å². The van der Waals surface area contributed by atoms with Gasteiger partial charge in [0.1, 0.15) is 4.83 Å². The van der Waals surface area contributed by atoms with Gasteiger partial charge in [-0.25, -0.2) is 0 Å². The van der Waals surface area contributed by atoms with Crippen molar-refractivity contribution in [1.29, 1.82) is 0 Å². The molecule has 0 aliphatic rings. The van der Waals surface area contributed by atoms with E-state index in [9.17, 15) is 4.79 Å². The quantitative estimate of drug-likeness (QED) is 0.661. The van der Waals surface area contributed by atoms with E-state index in [0.717, 1.165) is 5.56 Å². The lowest BCUT2D eigenvalue weighted by atomic mass is 10.2. The summed E-state index contributed by atoms with van der Waals surface area (Å²) in [6, 6.07) is 5.26. The first kappa shape index (κ1) is 14.8. The molecule has 3 nitrogen and oxygen atoms in total. The van der Waals surface area contributed by atoms with Crippen molar-refractivity contribution in [3.05, 3.63) is 33.8 Å². The third-order valence-corrected chi connectivity index (χ3v) is 3.41. The van der Waals surface area contributed by atoms with Gasteiger partial charge in [-0.1, -0.05) is 39.1 Å². The third kappa shape index (κ3) is 4.84. The normalized spacial score (nSPS) is 12.2. The van der Waals surface area contributed by atoms with Crippen LogP contribution in [0.5, 0.6) is 0 Å². The Hall–Kier alpha value is -0.290. The second kappa shape index (κ2) is 7.21. The number of methoxy groups -OCH3 is 1. The zero-order valence-electron chi connectivity index (χ0n) is 9.17. The van der Waals surface area contributed by atoms with Crippen LogP contribution in [0.1, 0.15) is 5.56 Å². The van der Waals surface area contributed by atoms with Crippen molar-refractivity contribution < 1.29 is 9.53 Å². The van der Waals surface area contributed by atoms with Gasteiger partial charge in [0.2, 0.25) is 0 Å². The summed E-state index contributed by atoms with van der Waals surface area (Å²) in [6.07, 6.45) is 0. The molecule has 1 aromatic carbocycles. The number of alkyl halides is 1. The van der Waals surface area contributed by atoms with Crippen LogP contribution in [0.4, 0.5) is 0 Å². The monoisotopic (exact) mass is 339 g/mol. The van der Waals surface area contributed by atoms with Crippen LogP contribution in [-0.4, -0.2) is 24.5 Å². The zero-order chi connectivity index (χ0) is 12.8. The summed E-state index contributed by atoms with van der Waals surface area (Å²) in [5, 5.41) is 4.37. The molecule has 0 bridgehead atoms. The number of rotatable bonds is 5. The van der Waals surface area contributed by atoms with Crippen molar-refractivity contribution in [2.75, 3.05) is 13.7 Å². The Bertz CT molecular complexity index is 401. The van der Waals surface area contributed by atoms with Gasteiger partial charge in [-0.05, 0) is 23.8 Å². The van der Waals surface area contributed by atoms with Crippen LogP contribution in [-0.2, 0) is 16.1 Å². The molecule has 0 fully saturated rings. The maximum Gasteiger partial charge on any atom is 0.320 e. The maximum absolute atomic E-state index is 11.1. The summed E-state index contributed by atoms with van der Waals surface area (Å²) in [7, 11) is 1.35. The molecule has 17 heavy (non-hydrogen) atoms. The molecule has 0 aromatic heterocycles. The van der Waals surface area contributed by atoms with Gasteiger partial charge in [0, 0.05) is 23.1 Å². The average molecular weight is 341 g/mol. The van der Waals surface area contributed by atoms with Crippen molar-refractivity contribution in [3.8, 4) is 0 Å². The van der Waals surface area contributed by atoms with Crippen LogP contribution in [0.25, 0.3) is 0 Å². The maximum atomic E-state index is 11.1. The topological polar surface area (TPSA) is 38.3 Å². The fourth-order valence-electron chi connectivity index (χ4n) is 1.22. The first-order chi connectivity index (χ1) is 8.04. The van der Waals surface area contributed by atoms with Crippen molar-refractivity contribution in [2.24, 2.45) is 0 Å². The number of hydrogen-bond acceptors (Lipinski definition) is 3. The summed E-state index contributed by atoms with van der Waals surface area (Å²) in [6.45, 7) is 0.994. The van der Waals surface area contributed by atoms with E-state index in [1.54, 1.807) is 18.2 Å². The standard InChI is InChI=1S/C11H12BrCl2NO2/c1-17-11(16)9(12)6-15-5-7-4-8(13)2-3-10(7)14/h2-4,9,15H,5-6H2,1H3. The molecule has 1 atom stereocenters. The number of nitrogens with one attached hydrogen (secondary N) is 1. The molecule has 1 rings (SSSR count). The fourth-order valence-corrected chi connectivity index (χ4v) is 2.02. The first-order valence-corrected chi connectivity index (χ1v) is 6.58. The lowest BCUT2D eigenvalue weighted by Gasteiger charge is -2.10. The summed E-state index contributed by atoms with van der Waals surface area (Å²) >= 11 is 15.1. The molecule has 1 unspecified atom stereocenters. The Morgan fingerprint density at radius 1 is 1.53 bits per heavy atom. The molecule has 0 aliphatic carbocycles. The second-order valence-corrected chi connectivity index (χ2v) is 5.31. The van der Waals surface area contributed by atoms with E-state index in [-0.39, 0.29) is 10.8 Å². The Balaban J connectivity index is 2.45. The predicted molar refractivity (Wildman–Crippen MR) is 72.9 cm³/mol. The summed E-state index contributed by atoms with van der Waals surface area (Å²) in [4.78, 5) is 10.7. The fraction of sp³-hybridized carbons (Fsp3) is 0.364. The van der Waals surface area contributed by atoms with Crippen LogP contribution >= 0.6 is 39.1 Å². The van der Waals surface area contributed by atoms with Crippen molar-refractivity contribution in [3.63, 3.8) is 0 Å². The molecule has 0 radical (unpaired) electrons. The molecule has 0 aliphatic heterocycles. The average Bonchev–Trinajstić information content (AvgIpc) is 2.32. The van der Waals surface area contributed by atoms with Gasteiger partial charge in [0.15, 0.2) is 0 Å². The largest absolute Gasteiger partial charge is 0.468 e. The van der Waals surface area contributed by atoms with Crippen LogP contribution < -0.4 is 5.32 Å². The number of ether oxygens (including phenoxy) is 1. The minimum atomic E-state index is -0.370. The van der Waals surface area contributed by atoms with Gasteiger partial charge >= 0.3 is 5.97 Å². The smallest absolute Gasteiger partial charge is 0.320 e. The van der Waals surface area contributed by atoms with E-state index < -0.39 is 0 Å². The number of carbonyl (C=O) groups excluding carboxylic acids is 1. The molecule has 0 heterocycles. The van der Waals surface area contributed by atoms with Crippen LogP contribution in [0.3, 0.4) is 0 Å². The highest BCUT2D eigenvalue weighted by Crippen LogP contribution is 2.20. The van der Waals surface area contributed by atoms with Gasteiger partial charge in [-0.3, -0.25) is 4.79 Å². The van der Waals surface area contributed by atoms with E-state index in [4.69, 9.17) is 23.2 Å². The minimum absolute atomic E-state index is 0.310. The number of benzene rings is 1. The second-order valence-electron chi connectivity index (χ2n) is 3.36. The first-order valence-electron chi connectivity index (χ1n) is 4.91. The highest BCUT2D eigenvalue weighted by Gasteiger charge is 2.14. The molecule has 0 saturated heterocycles. The van der Waals surface area contributed by atoms with Gasteiger partial charge in [0.05, 0.1) is 7.11 Å². The van der Waals surface area contributed by atoms with E-state index >= 15 is 0 Å². The van der Waals surface area contributed by atoms with Gasteiger partial charge in [0.25, 0.3) is 0 Å². The molecule has 0 amide bonds. The van der Waals surface area contributed by atoms with E-state index in [0.29, 0.717) is 23.1 Å². The molecule has 1 aromatic rings. The molecule has 0 saturated carbocycles. The Morgan fingerprint density at radius 3 is 2.88 bits per heavy atom. The number of esters is 1. The van der Waals surface area contributed by atoms with Crippen molar-refractivity contribution in [1.82, 2.24) is 5.32 Å². The van der Waals surface area contributed by atoms with Crippen molar-refractivity contribution in [2.45, 2.75) is 11.4 Å². The minimum Gasteiger partial charge on any atom is -0.468 e. The van der Waals surface area contributed by atoms with E-state index in [1.165, 1.54) is 7.11 Å². The van der Waals surface area contributed by atoms with Gasteiger partial charge in [-0.15, -0.1) is 0 Å². The SMILES string of the molecule is COC(=O)C(Br)CNCc1cc(Cl)ccc1Cl. The number of hydrogen-bond donors (Lipinski definition) is 1. The van der Waals surface area contributed by atoms with Gasteiger partial charge < -0.3 is 10.1 Å².